The van der Waals surface area contributed by atoms with Crippen LogP contribution >= 0.6 is 0 Å². The summed E-state index contributed by atoms with van der Waals surface area (Å²) >= 11 is 0. The number of para-hydroxylation sites is 1. The molecule has 2 N–H and O–H groups in total. The van der Waals surface area contributed by atoms with E-state index in [1.807, 2.05) is 19.2 Å². The molecule has 0 heterocycles. The lowest BCUT2D eigenvalue weighted by molar-refractivity contribution is 0.634. The van der Waals surface area contributed by atoms with E-state index >= 15 is 0 Å². The molecule has 0 aliphatic heterocycles. The van der Waals surface area contributed by atoms with Crippen molar-refractivity contribution in [3.8, 4) is 0 Å². The van der Waals surface area contributed by atoms with Gasteiger partial charge in [0.25, 0.3) is 0 Å². The minimum atomic E-state index is 0.112. The molecule has 2 nitrogen and oxygen atoms in total. The number of nitrogens with two attached hydrogens (primary N) is 1. The molecule has 0 fully saturated rings. The predicted octanol–water partition coefficient (Wildman–Crippen LogP) is 2.13. The van der Waals surface area contributed by atoms with Gasteiger partial charge in [-0.2, -0.15) is 0 Å². The SMILES string of the molecule is CCC(N)N(C)c1ccccc1C. The lowest BCUT2D eigenvalue weighted by Gasteiger charge is -2.27. The van der Waals surface area contributed by atoms with Gasteiger partial charge in [-0.15, -0.1) is 0 Å². The molecule has 1 rings (SSSR count). The van der Waals surface area contributed by atoms with Gasteiger partial charge in [0.15, 0.2) is 0 Å². The molecular formula is C11H18N2. The van der Waals surface area contributed by atoms with Gasteiger partial charge in [0.1, 0.15) is 0 Å². The second-order valence-corrected chi connectivity index (χ2v) is 3.37. The van der Waals surface area contributed by atoms with E-state index in [0.29, 0.717) is 0 Å². The number of benzene rings is 1. The number of anilines is 1. The maximum Gasteiger partial charge on any atom is 0.0765 e. The quantitative estimate of drug-likeness (QED) is 0.718. The molecule has 0 spiro atoms. The van der Waals surface area contributed by atoms with Gasteiger partial charge in [0.05, 0.1) is 6.17 Å². The van der Waals surface area contributed by atoms with Gasteiger partial charge in [0.2, 0.25) is 0 Å². The number of hydrogen-bond acceptors (Lipinski definition) is 2. The van der Waals surface area contributed by atoms with Crippen LogP contribution in [0.1, 0.15) is 18.9 Å². The molecule has 13 heavy (non-hydrogen) atoms. The molecule has 1 aromatic carbocycles. The fourth-order valence-electron chi connectivity index (χ4n) is 1.41. The third-order valence-corrected chi connectivity index (χ3v) is 2.41. The Morgan fingerprint density at radius 1 is 1.38 bits per heavy atom. The highest BCUT2D eigenvalue weighted by molar-refractivity contribution is 5.52. The van der Waals surface area contributed by atoms with E-state index in [9.17, 15) is 0 Å². The number of hydrogen-bond donors (Lipinski definition) is 1. The summed E-state index contributed by atoms with van der Waals surface area (Å²) in [7, 11) is 2.04. The summed E-state index contributed by atoms with van der Waals surface area (Å²) < 4.78 is 0. The zero-order chi connectivity index (χ0) is 9.84. The van der Waals surface area contributed by atoms with Gasteiger partial charge in [0, 0.05) is 12.7 Å². The average molecular weight is 178 g/mol. The molecule has 72 valence electrons. The second-order valence-electron chi connectivity index (χ2n) is 3.37. The Labute approximate surface area is 80.4 Å². The van der Waals surface area contributed by atoms with Crippen LogP contribution in [-0.4, -0.2) is 13.2 Å². The highest BCUT2D eigenvalue weighted by atomic mass is 15.2. The standard InChI is InChI=1S/C11H18N2/c1-4-11(12)13(3)10-8-6-5-7-9(10)2/h5-8,11H,4,12H2,1-3H3. The van der Waals surface area contributed by atoms with Crippen LogP contribution in [0.5, 0.6) is 0 Å². The fourth-order valence-corrected chi connectivity index (χ4v) is 1.41. The maximum atomic E-state index is 5.94. The Bertz CT molecular complexity index is 271. The highest BCUT2D eigenvalue weighted by Gasteiger charge is 2.08. The molecular weight excluding hydrogens is 160 g/mol. The van der Waals surface area contributed by atoms with Crippen LogP contribution in [0.15, 0.2) is 24.3 Å². The molecule has 0 amide bonds. The third kappa shape index (κ3) is 2.22. The third-order valence-electron chi connectivity index (χ3n) is 2.41. The van der Waals surface area contributed by atoms with E-state index < -0.39 is 0 Å². The van der Waals surface area contributed by atoms with Crippen molar-refractivity contribution >= 4 is 5.69 Å². The van der Waals surface area contributed by atoms with E-state index in [0.717, 1.165) is 6.42 Å². The monoisotopic (exact) mass is 178 g/mol. The van der Waals surface area contributed by atoms with Gasteiger partial charge in [-0.1, -0.05) is 25.1 Å². The van der Waals surface area contributed by atoms with Crippen molar-refractivity contribution in [3.63, 3.8) is 0 Å². The molecule has 2 heteroatoms. The average Bonchev–Trinajstić information content (AvgIpc) is 2.16. The minimum Gasteiger partial charge on any atom is -0.359 e. The Morgan fingerprint density at radius 2 is 2.00 bits per heavy atom. The zero-order valence-corrected chi connectivity index (χ0v) is 8.62. The first kappa shape index (κ1) is 10.1. The Hall–Kier alpha value is -1.02. The molecule has 1 atom stereocenters. The normalized spacial score (nSPS) is 12.6. The molecule has 0 radical (unpaired) electrons. The van der Waals surface area contributed by atoms with Crippen molar-refractivity contribution < 1.29 is 0 Å². The van der Waals surface area contributed by atoms with Crippen LogP contribution < -0.4 is 10.6 Å². The van der Waals surface area contributed by atoms with Crippen molar-refractivity contribution in [3.05, 3.63) is 29.8 Å². The zero-order valence-electron chi connectivity index (χ0n) is 8.62. The van der Waals surface area contributed by atoms with Crippen LogP contribution in [0.3, 0.4) is 0 Å². The van der Waals surface area contributed by atoms with Crippen molar-refractivity contribution in [2.24, 2.45) is 5.73 Å². The topological polar surface area (TPSA) is 29.3 Å². The maximum absolute atomic E-state index is 5.94. The Kier molecular flexibility index (Phi) is 3.32. The van der Waals surface area contributed by atoms with E-state index in [1.54, 1.807) is 0 Å². The van der Waals surface area contributed by atoms with Crippen LogP contribution in [0.4, 0.5) is 5.69 Å². The highest BCUT2D eigenvalue weighted by Crippen LogP contribution is 2.19. The smallest absolute Gasteiger partial charge is 0.0765 e. The predicted molar refractivity (Wildman–Crippen MR) is 57.8 cm³/mol. The summed E-state index contributed by atoms with van der Waals surface area (Å²) in [6.45, 7) is 4.20. The first-order chi connectivity index (χ1) is 6.16. The molecule has 1 unspecified atom stereocenters. The van der Waals surface area contributed by atoms with E-state index in [-0.39, 0.29) is 6.17 Å². The number of aryl methyl sites for hydroxylation is 1. The molecule has 1 aromatic rings. The van der Waals surface area contributed by atoms with Crippen molar-refractivity contribution in [2.45, 2.75) is 26.4 Å². The Balaban J connectivity index is 2.88. The van der Waals surface area contributed by atoms with Gasteiger partial charge in [-0.3, -0.25) is 0 Å². The Morgan fingerprint density at radius 3 is 2.54 bits per heavy atom. The summed E-state index contributed by atoms with van der Waals surface area (Å²) in [5, 5.41) is 0. The lowest BCUT2D eigenvalue weighted by Crippen LogP contribution is -2.38. The lowest BCUT2D eigenvalue weighted by atomic mass is 10.1. The fraction of sp³-hybridized carbons (Fsp3) is 0.455. The minimum absolute atomic E-state index is 0.112. The molecule has 0 aliphatic rings. The van der Waals surface area contributed by atoms with Crippen LogP contribution in [-0.2, 0) is 0 Å². The van der Waals surface area contributed by atoms with Crippen LogP contribution in [0.25, 0.3) is 0 Å². The largest absolute Gasteiger partial charge is 0.359 e. The number of rotatable bonds is 3. The van der Waals surface area contributed by atoms with E-state index in [4.69, 9.17) is 5.73 Å². The van der Waals surface area contributed by atoms with Gasteiger partial charge >= 0.3 is 0 Å². The van der Waals surface area contributed by atoms with Crippen LogP contribution in [0.2, 0.25) is 0 Å². The summed E-state index contributed by atoms with van der Waals surface area (Å²) in [6.07, 6.45) is 1.08. The summed E-state index contributed by atoms with van der Waals surface area (Å²) in [5.74, 6) is 0. The summed E-state index contributed by atoms with van der Waals surface area (Å²) in [4.78, 5) is 2.12. The van der Waals surface area contributed by atoms with Crippen molar-refractivity contribution in [2.75, 3.05) is 11.9 Å². The first-order valence-corrected chi connectivity index (χ1v) is 4.71. The molecule has 0 aliphatic carbocycles. The first-order valence-electron chi connectivity index (χ1n) is 4.71. The van der Waals surface area contributed by atoms with Crippen molar-refractivity contribution in [1.29, 1.82) is 0 Å². The second kappa shape index (κ2) is 4.28. The molecule has 0 saturated heterocycles. The molecule has 0 bridgehead atoms. The molecule has 0 saturated carbocycles. The van der Waals surface area contributed by atoms with Gasteiger partial charge < -0.3 is 10.6 Å². The van der Waals surface area contributed by atoms with Gasteiger partial charge in [-0.25, -0.2) is 0 Å². The summed E-state index contributed by atoms with van der Waals surface area (Å²) in [6, 6.07) is 8.30. The van der Waals surface area contributed by atoms with E-state index in [1.165, 1.54) is 11.3 Å². The van der Waals surface area contributed by atoms with Crippen molar-refractivity contribution in [1.82, 2.24) is 0 Å². The summed E-state index contributed by atoms with van der Waals surface area (Å²) in [5.41, 5.74) is 8.43. The van der Waals surface area contributed by atoms with Gasteiger partial charge in [-0.05, 0) is 25.0 Å². The molecule has 0 aromatic heterocycles. The number of nitrogens with zero attached hydrogens (tertiary/aromatic N) is 1. The van der Waals surface area contributed by atoms with E-state index in [2.05, 4.69) is 30.9 Å². The van der Waals surface area contributed by atoms with Crippen LogP contribution in [0, 0.1) is 6.92 Å².